The molecule has 0 heterocycles. The fourth-order valence-electron chi connectivity index (χ4n) is 2.74. The smallest absolute Gasteiger partial charge is 0.175 e. The highest BCUT2D eigenvalue weighted by Crippen LogP contribution is 2.34. The molecule has 1 fully saturated rings. The Kier molecular flexibility index (Phi) is 6.14. The number of hydrogen-bond acceptors (Lipinski definition) is 4. The molecule has 118 valence electrons. The molecule has 0 radical (unpaired) electrons. The van der Waals surface area contributed by atoms with Crippen LogP contribution in [0.4, 0.5) is 0 Å². The third-order valence-electron chi connectivity index (χ3n) is 3.86. The summed E-state index contributed by atoms with van der Waals surface area (Å²) >= 11 is 1.89. The lowest BCUT2D eigenvalue weighted by molar-refractivity contribution is 0.381. The quantitative estimate of drug-likeness (QED) is 0.869. The van der Waals surface area contributed by atoms with Crippen molar-refractivity contribution in [3.8, 4) is 0 Å². The van der Waals surface area contributed by atoms with Gasteiger partial charge in [0.2, 0.25) is 0 Å². The molecule has 1 aliphatic carbocycles. The van der Waals surface area contributed by atoms with Gasteiger partial charge in [-0.05, 0) is 56.5 Å². The van der Waals surface area contributed by atoms with Gasteiger partial charge in [0, 0.05) is 22.4 Å². The van der Waals surface area contributed by atoms with E-state index in [1.54, 1.807) is 12.1 Å². The van der Waals surface area contributed by atoms with Crippen LogP contribution in [-0.2, 0) is 9.84 Å². The highest BCUT2D eigenvalue weighted by molar-refractivity contribution is 8.00. The third-order valence-corrected chi connectivity index (χ3v) is 6.30. The van der Waals surface area contributed by atoms with E-state index < -0.39 is 9.84 Å². The number of thioether (sulfide) groups is 1. The van der Waals surface area contributed by atoms with Gasteiger partial charge in [-0.1, -0.05) is 13.3 Å². The van der Waals surface area contributed by atoms with E-state index in [9.17, 15) is 8.42 Å². The van der Waals surface area contributed by atoms with Crippen LogP contribution in [0.25, 0.3) is 0 Å². The highest BCUT2D eigenvalue weighted by atomic mass is 32.2. The molecule has 0 spiro atoms. The third kappa shape index (κ3) is 5.31. The van der Waals surface area contributed by atoms with Gasteiger partial charge in [-0.2, -0.15) is 0 Å². The van der Waals surface area contributed by atoms with Gasteiger partial charge in [0.05, 0.1) is 4.90 Å². The molecule has 2 atom stereocenters. The molecule has 0 aromatic heterocycles. The van der Waals surface area contributed by atoms with Gasteiger partial charge >= 0.3 is 0 Å². The summed E-state index contributed by atoms with van der Waals surface area (Å²) in [5, 5.41) is 4.26. The summed E-state index contributed by atoms with van der Waals surface area (Å²) in [6.45, 7) is 3.30. The van der Waals surface area contributed by atoms with E-state index in [2.05, 4.69) is 12.2 Å². The number of hydrogen-bond donors (Lipinski definition) is 1. The molecule has 1 N–H and O–H groups in total. The van der Waals surface area contributed by atoms with Crippen LogP contribution in [-0.4, -0.2) is 32.5 Å². The minimum Gasteiger partial charge on any atom is -0.314 e. The van der Waals surface area contributed by atoms with Crippen LogP contribution in [0.15, 0.2) is 34.1 Å². The average Bonchev–Trinajstić information content (AvgIpc) is 2.45. The van der Waals surface area contributed by atoms with Gasteiger partial charge in [0.25, 0.3) is 0 Å². The first-order valence-corrected chi connectivity index (χ1v) is 10.5. The Morgan fingerprint density at radius 2 is 1.95 bits per heavy atom. The zero-order valence-electron chi connectivity index (χ0n) is 12.8. The average molecular weight is 328 g/mol. The van der Waals surface area contributed by atoms with Crippen molar-refractivity contribution in [1.82, 2.24) is 5.32 Å². The van der Waals surface area contributed by atoms with E-state index in [1.807, 2.05) is 23.9 Å². The Bertz CT molecular complexity index is 540. The van der Waals surface area contributed by atoms with Crippen molar-refractivity contribution >= 4 is 21.6 Å². The lowest BCUT2D eigenvalue weighted by Gasteiger charge is -2.29. The van der Waals surface area contributed by atoms with E-state index in [4.69, 9.17) is 0 Å². The molecular weight excluding hydrogens is 302 g/mol. The van der Waals surface area contributed by atoms with Crippen molar-refractivity contribution in [2.24, 2.45) is 0 Å². The van der Waals surface area contributed by atoms with Crippen molar-refractivity contribution in [3.63, 3.8) is 0 Å². The minimum atomic E-state index is -3.09. The Morgan fingerprint density at radius 3 is 2.57 bits per heavy atom. The Balaban J connectivity index is 1.92. The minimum absolute atomic E-state index is 0.401. The molecule has 1 aromatic rings. The van der Waals surface area contributed by atoms with E-state index in [1.165, 1.54) is 43.3 Å². The van der Waals surface area contributed by atoms with Gasteiger partial charge in [-0.15, -0.1) is 11.8 Å². The van der Waals surface area contributed by atoms with Crippen LogP contribution in [0, 0.1) is 0 Å². The first-order valence-electron chi connectivity index (χ1n) is 7.69. The molecule has 5 heteroatoms. The summed E-state index contributed by atoms with van der Waals surface area (Å²) in [6.07, 6.45) is 7.45. The van der Waals surface area contributed by atoms with Crippen molar-refractivity contribution in [2.75, 3.05) is 12.8 Å². The topological polar surface area (TPSA) is 46.2 Å². The van der Waals surface area contributed by atoms with Gasteiger partial charge in [0.15, 0.2) is 9.84 Å². The van der Waals surface area contributed by atoms with Crippen LogP contribution < -0.4 is 5.32 Å². The molecular formula is C16H25NO2S2. The van der Waals surface area contributed by atoms with Gasteiger partial charge in [0.1, 0.15) is 0 Å². The zero-order valence-corrected chi connectivity index (χ0v) is 14.5. The van der Waals surface area contributed by atoms with E-state index in [0.29, 0.717) is 16.2 Å². The van der Waals surface area contributed by atoms with Crippen LogP contribution in [0.1, 0.15) is 39.0 Å². The Hall–Kier alpha value is -0.520. The van der Waals surface area contributed by atoms with Crippen LogP contribution in [0.5, 0.6) is 0 Å². The molecule has 0 saturated heterocycles. The normalized spacial score (nSPS) is 23.1. The zero-order chi connectivity index (χ0) is 15.3. The number of benzene rings is 1. The predicted octanol–water partition coefficient (Wildman–Crippen LogP) is 3.49. The summed E-state index contributed by atoms with van der Waals surface area (Å²) in [4.78, 5) is 1.57. The highest BCUT2D eigenvalue weighted by Gasteiger charge is 2.22. The summed E-state index contributed by atoms with van der Waals surface area (Å²) in [6, 6.07) is 7.95. The largest absolute Gasteiger partial charge is 0.314 e. The lowest BCUT2D eigenvalue weighted by Crippen LogP contribution is -2.35. The first-order chi connectivity index (χ1) is 9.99. The molecule has 1 aromatic carbocycles. The van der Waals surface area contributed by atoms with Crippen molar-refractivity contribution < 1.29 is 8.42 Å². The monoisotopic (exact) mass is 327 g/mol. The van der Waals surface area contributed by atoms with Crippen molar-refractivity contribution in [3.05, 3.63) is 24.3 Å². The molecule has 2 unspecified atom stereocenters. The van der Waals surface area contributed by atoms with Crippen LogP contribution >= 0.6 is 11.8 Å². The molecule has 1 saturated carbocycles. The van der Waals surface area contributed by atoms with Crippen LogP contribution in [0.3, 0.4) is 0 Å². The maximum Gasteiger partial charge on any atom is 0.175 e. The maximum absolute atomic E-state index is 11.5. The van der Waals surface area contributed by atoms with E-state index in [0.717, 1.165) is 6.54 Å². The lowest BCUT2D eigenvalue weighted by atomic mass is 9.95. The summed E-state index contributed by atoms with van der Waals surface area (Å²) in [5.41, 5.74) is 0. The van der Waals surface area contributed by atoms with Crippen molar-refractivity contribution in [1.29, 1.82) is 0 Å². The fourth-order valence-corrected chi connectivity index (χ4v) is 4.67. The maximum atomic E-state index is 11.5. The SMILES string of the molecule is CCCNC1CCCC(Sc2ccc(S(C)(=O)=O)cc2)C1. The number of sulfone groups is 1. The molecule has 2 rings (SSSR count). The number of nitrogens with one attached hydrogen (secondary N) is 1. The van der Waals surface area contributed by atoms with E-state index >= 15 is 0 Å². The molecule has 0 bridgehead atoms. The fraction of sp³-hybridized carbons (Fsp3) is 0.625. The van der Waals surface area contributed by atoms with Gasteiger partial charge in [-0.25, -0.2) is 8.42 Å². The second kappa shape index (κ2) is 7.65. The molecule has 1 aliphatic rings. The molecule has 21 heavy (non-hydrogen) atoms. The first kappa shape index (κ1) is 16.8. The second-order valence-electron chi connectivity index (χ2n) is 5.80. The summed E-state index contributed by atoms with van der Waals surface area (Å²) < 4.78 is 22.9. The van der Waals surface area contributed by atoms with E-state index in [-0.39, 0.29) is 0 Å². The van der Waals surface area contributed by atoms with Crippen molar-refractivity contribution in [2.45, 2.75) is 60.1 Å². The Morgan fingerprint density at radius 1 is 1.24 bits per heavy atom. The second-order valence-corrected chi connectivity index (χ2v) is 9.19. The summed E-state index contributed by atoms with van der Waals surface area (Å²) in [7, 11) is -3.09. The van der Waals surface area contributed by atoms with Crippen LogP contribution in [0.2, 0.25) is 0 Å². The van der Waals surface area contributed by atoms with Gasteiger partial charge in [-0.3, -0.25) is 0 Å². The summed E-state index contributed by atoms with van der Waals surface area (Å²) in [5.74, 6) is 0. The van der Waals surface area contributed by atoms with Gasteiger partial charge < -0.3 is 5.32 Å². The Labute approximate surface area is 132 Å². The molecule has 0 amide bonds. The number of rotatable bonds is 6. The molecule has 0 aliphatic heterocycles. The molecule has 3 nitrogen and oxygen atoms in total. The predicted molar refractivity (Wildman–Crippen MR) is 89.7 cm³/mol. The standard InChI is InChI=1S/C16H25NO2S2/c1-3-11-17-13-5-4-6-15(12-13)20-14-7-9-16(10-8-14)21(2,18)19/h7-10,13,15,17H,3-6,11-12H2,1-2H3.